The fourth-order valence-corrected chi connectivity index (χ4v) is 2.56. The van der Waals surface area contributed by atoms with Crippen molar-refractivity contribution in [1.29, 1.82) is 0 Å². The fourth-order valence-electron chi connectivity index (χ4n) is 1.58. The van der Waals surface area contributed by atoms with Crippen LogP contribution in [-0.4, -0.2) is 22.7 Å². The molecule has 92 valence electrons. The summed E-state index contributed by atoms with van der Waals surface area (Å²) >= 11 is 1.56. The third kappa shape index (κ3) is 2.68. The van der Waals surface area contributed by atoms with Gasteiger partial charge in [0.2, 0.25) is 0 Å². The quantitative estimate of drug-likeness (QED) is 0.729. The maximum atomic E-state index is 9.27. The van der Waals surface area contributed by atoms with Crippen molar-refractivity contribution in [3.8, 4) is 0 Å². The number of aliphatic hydroxyl groups is 1. The Morgan fingerprint density at radius 1 is 1.47 bits per heavy atom. The molecule has 0 aliphatic rings. The molecule has 0 spiro atoms. The van der Waals surface area contributed by atoms with E-state index in [1.165, 1.54) is 0 Å². The van der Waals surface area contributed by atoms with Crippen LogP contribution in [0.3, 0.4) is 0 Å². The highest BCUT2D eigenvalue weighted by Crippen LogP contribution is 2.28. The van der Waals surface area contributed by atoms with E-state index in [0.29, 0.717) is 5.92 Å². The third-order valence-electron chi connectivity index (χ3n) is 2.72. The first-order valence-electron chi connectivity index (χ1n) is 5.63. The summed E-state index contributed by atoms with van der Waals surface area (Å²) in [5.41, 5.74) is 7.41. The highest BCUT2D eigenvalue weighted by atomic mass is 32.1. The van der Waals surface area contributed by atoms with Gasteiger partial charge in [0.05, 0.1) is 22.9 Å². The predicted octanol–water partition coefficient (Wildman–Crippen LogP) is 2.31. The lowest BCUT2D eigenvalue weighted by Crippen LogP contribution is -2.29. The van der Waals surface area contributed by atoms with Gasteiger partial charge < -0.3 is 16.2 Å². The summed E-state index contributed by atoms with van der Waals surface area (Å²) in [6.07, 6.45) is 0. The first-order chi connectivity index (χ1) is 8.10. The van der Waals surface area contributed by atoms with Crippen molar-refractivity contribution in [1.82, 2.24) is 4.98 Å². The van der Waals surface area contributed by atoms with Crippen molar-refractivity contribution in [2.24, 2.45) is 5.92 Å². The Morgan fingerprint density at radius 3 is 2.88 bits per heavy atom. The van der Waals surface area contributed by atoms with Crippen LogP contribution in [0.4, 0.5) is 10.8 Å². The molecule has 2 rings (SSSR count). The second kappa shape index (κ2) is 4.89. The smallest absolute Gasteiger partial charge is 0.184 e. The number of nitrogens with zero attached hydrogens (tertiary/aromatic N) is 1. The van der Waals surface area contributed by atoms with E-state index in [1.54, 1.807) is 11.3 Å². The number of hydrogen-bond acceptors (Lipinski definition) is 5. The molecule has 4 N–H and O–H groups in total. The standard InChI is InChI=1S/C12H17N3OS/c1-7(2)10(6-16)15-12-14-9-4-3-8(13)5-11(9)17-12/h3-5,7,10,16H,6,13H2,1-2H3,(H,14,15). The molecule has 1 unspecified atom stereocenters. The molecule has 5 heteroatoms. The molecule has 1 aromatic carbocycles. The van der Waals surface area contributed by atoms with Gasteiger partial charge in [0, 0.05) is 5.69 Å². The zero-order valence-corrected chi connectivity index (χ0v) is 10.8. The van der Waals surface area contributed by atoms with Crippen molar-refractivity contribution in [2.45, 2.75) is 19.9 Å². The lowest BCUT2D eigenvalue weighted by Gasteiger charge is -2.18. The number of hydrogen-bond donors (Lipinski definition) is 3. The van der Waals surface area contributed by atoms with Crippen molar-refractivity contribution in [3.63, 3.8) is 0 Å². The second-order valence-electron chi connectivity index (χ2n) is 4.42. The molecule has 1 aromatic heterocycles. The van der Waals surface area contributed by atoms with Gasteiger partial charge in [0.1, 0.15) is 0 Å². The molecule has 0 fully saturated rings. The molecule has 0 amide bonds. The van der Waals surface area contributed by atoms with Crippen LogP contribution in [0, 0.1) is 5.92 Å². The Kier molecular flexibility index (Phi) is 3.49. The van der Waals surface area contributed by atoms with Gasteiger partial charge in [-0.15, -0.1) is 0 Å². The first kappa shape index (κ1) is 12.1. The highest BCUT2D eigenvalue weighted by Gasteiger charge is 2.14. The number of nitrogens with one attached hydrogen (secondary N) is 1. The number of nitrogens with two attached hydrogens (primary N) is 1. The molecule has 0 aliphatic carbocycles. The minimum atomic E-state index is 0.0351. The Morgan fingerprint density at radius 2 is 2.24 bits per heavy atom. The molecule has 17 heavy (non-hydrogen) atoms. The van der Waals surface area contributed by atoms with Gasteiger partial charge in [-0.3, -0.25) is 0 Å². The number of anilines is 2. The van der Waals surface area contributed by atoms with Gasteiger partial charge in [-0.25, -0.2) is 4.98 Å². The number of nitrogen functional groups attached to an aromatic ring is 1. The van der Waals surface area contributed by atoms with E-state index in [1.807, 2.05) is 18.2 Å². The summed E-state index contributed by atoms with van der Waals surface area (Å²) in [5.74, 6) is 0.358. The van der Waals surface area contributed by atoms with Crippen molar-refractivity contribution in [3.05, 3.63) is 18.2 Å². The normalized spacial score (nSPS) is 13.2. The van der Waals surface area contributed by atoms with E-state index in [9.17, 15) is 5.11 Å². The fraction of sp³-hybridized carbons (Fsp3) is 0.417. The number of aliphatic hydroxyl groups excluding tert-OH is 1. The van der Waals surface area contributed by atoms with Gasteiger partial charge in [-0.2, -0.15) is 0 Å². The van der Waals surface area contributed by atoms with Crippen molar-refractivity contribution < 1.29 is 5.11 Å². The van der Waals surface area contributed by atoms with E-state index in [4.69, 9.17) is 5.73 Å². The molecule has 0 bridgehead atoms. The van der Waals surface area contributed by atoms with Gasteiger partial charge in [-0.05, 0) is 24.1 Å². The third-order valence-corrected chi connectivity index (χ3v) is 3.67. The van der Waals surface area contributed by atoms with Gasteiger partial charge in [0.15, 0.2) is 5.13 Å². The number of thiazole rings is 1. The maximum Gasteiger partial charge on any atom is 0.184 e. The molecule has 2 aromatic rings. The number of rotatable bonds is 4. The molecular weight excluding hydrogens is 234 g/mol. The summed E-state index contributed by atoms with van der Waals surface area (Å²) in [6.45, 7) is 4.24. The summed E-state index contributed by atoms with van der Waals surface area (Å²) < 4.78 is 1.06. The minimum Gasteiger partial charge on any atom is -0.399 e. The number of fused-ring (bicyclic) bond motifs is 1. The Balaban J connectivity index is 2.24. The molecule has 0 aliphatic heterocycles. The lowest BCUT2D eigenvalue weighted by molar-refractivity contribution is 0.249. The first-order valence-corrected chi connectivity index (χ1v) is 6.45. The van der Waals surface area contributed by atoms with Crippen LogP contribution in [0.5, 0.6) is 0 Å². The molecule has 4 nitrogen and oxygen atoms in total. The molecule has 0 saturated carbocycles. The summed E-state index contributed by atoms with van der Waals surface area (Å²) in [6, 6.07) is 5.71. The lowest BCUT2D eigenvalue weighted by atomic mass is 10.1. The molecule has 0 radical (unpaired) electrons. The Bertz CT molecular complexity index is 509. The van der Waals surface area contributed by atoms with Crippen LogP contribution in [0.25, 0.3) is 10.2 Å². The van der Waals surface area contributed by atoms with Gasteiger partial charge in [-0.1, -0.05) is 25.2 Å². The van der Waals surface area contributed by atoms with E-state index >= 15 is 0 Å². The molecule has 0 saturated heterocycles. The zero-order chi connectivity index (χ0) is 12.4. The largest absolute Gasteiger partial charge is 0.399 e. The van der Waals surface area contributed by atoms with Crippen LogP contribution in [0.15, 0.2) is 18.2 Å². The number of aromatic nitrogens is 1. The molecule has 1 atom stereocenters. The van der Waals surface area contributed by atoms with E-state index in [2.05, 4.69) is 24.1 Å². The molecule has 1 heterocycles. The maximum absolute atomic E-state index is 9.27. The van der Waals surface area contributed by atoms with E-state index in [0.717, 1.165) is 21.0 Å². The number of benzene rings is 1. The Hall–Kier alpha value is -1.33. The molecular formula is C12H17N3OS. The topological polar surface area (TPSA) is 71.2 Å². The van der Waals surface area contributed by atoms with Crippen LogP contribution < -0.4 is 11.1 Å². The van der Waals surface area contributed by atoms with Crippen LogP contribution in [-0.2, 0) is 0 Å². The van der Waals surface area contributed by atoms with E-state index < -0.39 is 0 Å². The predicted molar refractivity (Wildman–Crippen MR) is 73.4 cm³/mol. The van der Waals surface area contributed by atoms with Crippen molar-refractivity contribution in [2.75, 3.05) is 17.7 Å². The average molecular weight is 251 g/mol. The van der Waals surface area contributed by atoms with Crippen LogP contribution in [0.2, 0.25) is 0 Å². The van der Waals surface area contributed by atoms with Gasteiger partial charge in [0.25, 0.3) is 0 Å². The SMILES string of the molecule is CC(C)C(CO)Nc1nc2ccc(N)cc2s1. The monoisotopic (exact) mass is 251 g/mol. The average Bonchev–Trinajstić information content (AvgIpc) is 2.66. The summed E-state index contributed by atoms with van der Waals surface area (Å²) in [5, 5.41) is 13.4. The van der Waals surface area contributed by atoms with Crippen LogP contribution in [0.1, 0.15) is 13.8 Å². The Labute approximate surface area is 104 Å². The van der Waals surface area contributed by atoms with Crippen LogP contribution >= 0.6 is 11.3 Å². The highest BCUT2D eigenvalue weighted by molar-refractivity contribution is 7.22. The van der Waals surface area contributed by atoms with Crippen molar-refractivity contribution >= 4 is 32.4 Å². The second-order valence-corrected chi connectivity index (χ2v) is 5.45. The summed E-state index contributed by atoms with van der Waals surface area (Å²) in [7, 11) is 0. The van der Waals surface area contributed by atoms with E-state index in [-0.39, 0.29) is 12.6 Å². The summed E-state index contributed by atoms with van der Waals surface area (Å²) in [4.78, 5) is 4.46. The zero-order valence-electron chi connectivity index (χ0n) is 9.97. The van der Waals surface area contributed by atoms with Gasteiger partial charge >= 0.3 is 0 Å². The minimum absolute atomic E-state index is 0.0351.